The number of phenolic OH excluding ortho intramolecular Hbond substituents is 1. The normalized spacial score (nSPS) is 10.5. The molecule has 3 heteroatoms. The maximum absolute atomic E-state index is 10.2. The smallest absolute Gasteiger partial charge is 0.120 e. The first-order valence-corrected chi connectivity index (χ1v) is 6.87. The summed E-state index contributed by atoms with van der Waals surface area (Å²) in [6, 6.07) is 5.48. The Hall–Kier alpha value is -1.38. The lowest BCUT2D eigenvalue weighted by atomic mass is 10.0. The maximum Gasteiger partial charge on any atom is 0.120 e. The molecule has 0 heterocycles. The van der Waals surface area contributed by atoms with Gasteiger partial charge in [0.2, 0.25) is 0 Å². The van der Waals surface area contributed by atoms with E-state index >= 15 is 0 Å². The molecule has 1 rings (SSSR count). The molecular formula is C15H23NO2. The predicted molar refractivity (Wildman–Crippen MR) is 74.7 cm³/mol. The van der Waals surface area contributed by atoms with Crippen LogP contribution in [0.5, 0.6) is 5.75 Å². The van der Waals surface area contributed by atoms with Crippen molar-refractivity contribution in [2.24, 2.45) is 5.18 Å². The summed E-state index contributed by atoms with van der Waals surface area (Å²) in [5.74, 6) is 0.168. The van der Waals surface area contributed by atoms with E-state index in [2.05, 4.69) is 12.1 Å². The van der Waals surface area contributed by atoms with Crippen molar-refractivity contribution in [2.45, 2.75) is 58.4 Å². The molecule has 3 nitrogen and oxygen atoms in total. The summed E-state index contributed by atoms with van der Waals surface area (Å²) < 4.78 is 0. The minimum atomic E-state index is 0.0518. The fourth-order valence-electron chi connectivity index (χ4n) is 2.10. The van der Waals surface area contributed by atoms with E-state index in [0.29, 0.717) is 5.56 Å². The Labute approximate surface area is 109 Å². The van der Waals surface area contributed by atoms with Crippen LogP contribution in [0.4, 0.5) is 0 Å². The van der Waals surface area contributed by atoms with Gasteiger partial charge in [0.15, 0.2) is 0 Å². The van der Waals surface area contributed by atoms with E-state index in [1.54, 1.807) is 6.07 Å². The monoisotopic (exact) mass is 249 g/mol. The fourth-order valence-corrected chi connectivity index (χ4v) is 2.10. The number of unbranched alkanes of at least 4 members (excludes halogenated alkanes) is 5. The highest BCUT2D eigenvalue weighted by Crippen LogP contribution is 2.20. The molecule has 0 aromatic heterocycles. The lowest BCUT2D eigenvalue weighted by molar-refractivity contribution is 0.468. The van der Waals surface area contributed by atoms with Gasteiger partial charge in [0, 0.05) is 5.56 Å². The molecule has 0 fully saturated rings. The average molecular weight is 249 g/mol. The predicted octanol–water partition coefficient (Wildman–Crippen LogP) is 4.56. The number of aryl methyl sites for hydroxylation is 1. The molecule has 0 aliphatic carbocycles. The van der Waals surface area contributed by atoms with E-state index in [1.807, 2.05) is 12.1 Å². The molecule has 1 N–H and O–H groups in total. The zero-order valence-electron chi connectivity index (χ0n) is 11.2. The summed E-state index contributed by atoms with van der Waals surface area (Å²) in [6.45, 7) is 2.27. The molecule has 0 saturated carbocycles. The third-order valence-electron chi connectivity index (χ3n) is 3.20. The standard InChI is InChI=1S/C15H23NO2/c1-2-3-4-5-6-7-8-13-9-10-15(17)14(11-13)12-16-18/h9-11,17H,2-8,12H2,1H3. The first-order chi connectivity index (χ1) is 8.77. The molecule has 0 unspecified atom stereocenters. The summed E-state index contributed by atoms with van der Waals surface area (Å²) in [4.78, 5) is 10.2. The van der Waals surface area contributed by atoms with Crippen LogP contribution in [0, 0.1) is 4.91 Å². The van der Waals surface area contributed by atoms with Crippen molar-refractivity contribution in [2.75, 3.05) is 0 Å². The minimum Gasteiger partial charge on any atom is -0.508 e. The molecule has 0 spiro atoms. The number of aromatic hydroxyl groups is 1. The average Bonchev–Trinajstić information content (AvgIpc) is 2.37. The summed E-state index contributed by atoms with van der Waals surface area (Å²) in [6.07, 6.45) is 8.66. The molecule has 0 saturated heterocycles. The third-order valence-corrected chi connectivity index (χ3v) is 3.20. The van der Waals surface area contributed by atoms with Crippen LogP contribution in [0.15, 0.2) is 23.4 Å². The maximum atomic E-state index is 10.2. The number of nitroso groups, excluding NO2 is 1. The van der Waals surface area contributed by atoms with E-state index in [4.69, 9.17) is 0 Å². The van der Waals surface area contributed by atoms with E-state index < -0.39 is 0 Å². The van der Waals surface area contributed by atoms with E-state index in [0.717, 1.165) is 6.42 Å². The second kappa shape index (κ2) is 8.67. The third kappa shape index (κ3) is 5.30. The number of phenols is 1. The Morgan fingerprint density at radius 3 is 2.56 bits per heavy atom. The lowest BCUT2D eigenvalue weighted by Gasteiger charge is -2.05. The molecule has 1 aromatic rings. The largest absolute Gasteiger partial charge is 0.508 e. The van der Waals surface area contributed by atoms with Gasteiger partial charge in [0.1, 0.15) is 12.3 Å². The van der Waals surface area contributed by atoms with Crippen molar-refractivity contribution >= 4 is 0 Å². The molecule has 0 aliphatic rings. The highest BCUT2D eigenvalue weighted by Gasteiger charge is 2.03. The number of hydrogen-bond donors (Lipinski definition) is 1. The van der Waals surface area contributed by atoms with Gasteiger partial charge in [-0.3, -0.25) is 0 Å². The summed E-state index contributed by atoms with van der Waals surface area (Å²) in [7, 11) is 0. The number of nitrogens with zero attached hydrogens (tertiary/aromatic N) is 1. The van der Waals surface area contributed by atoms with Crippen molar-refractivity contribution in [3.05, 3.63) is 34.2 Å². The van der Waals surface area contributed by atoms with Gasteiger partial charge in [-0.2, -0.15) is 4.91 Å². The van der Waals surface area contributed by atoms with Crippen LogP contribution in [-0.4, -0.2) is 5.11 Å². The highest BCUT2D eigenvalue weighted by atomic mass is 16.3. The molecule has 1 aromatic carbocycles. The summed E-state index contributed by atoms with van der Waals surface area (Å²) in [5.41, 5.74) is 1.82. The van der Waals surface area contributed by atoms with E-state index in [9.17, 15) is 10.0 Å². The van der Waals surface area contributed by atoms with Gasteiger partial charge in [-0.05, 0) is 24.5 Å². The molecule has 0 amide bonds. The van der Waals surface area contributed by atoms with Gasteiger partial charge in [0.05, 0.1) is 0 Å². The highest BCUT2D eigenvalue weighted by molar-refractivity contribution is 5.36. The van der Waals surface area contributed by atoms with Crippen LogP contribution in [0.3, 0.4) is 0 Å². The van der Waals surface area contributed by atoms with E-state index in [1.165, 1.54) is 44.1 Å². The SMILES string of the molecule is CCCCCCCCc1ccc(O)c(CN=O)c1. The number of benzene rings is 1. The van der Waals surface area contributed by atoms with Crippen LogP contribution in [-0.2, 0) is 13.0 Å². The zero-order chi connectivity index (χ0) is 13.2. The van der Waals surface area contributed by atoms with Crippen molar-refractivity contribution < 1.29 is 5.11 Å². The van der Waals surface area contributed by atoms with Gasteiger partial charge in [0.25, 0.3) is 0 Å². The second-order valence-electron chi connectivity index (χ2n) is 4.77. The number of rotatable bonds is 9. The van der Waals surface area contributed by atoms with Crippen LogP contribution in [0.2, 0.25) is 0 Å². The fraction of sp³-hybridized carbons (Fsp3) is 0.600. The summed E-state index contributed by atoms with van der Waals surface area (Å²) in [5, 5.41) is 12.4. The van der Waals surface area contributed by atoms with Crippen molar-refractivity contribution in [3.8, 4) is 5.75 Å². The van der Waals surface area contributed by atoms with Gasteiger partial charge in [-0.15, -0.1) is 0 Å². The Balaban J connectivity index is 2.33. The first kappa shape index (κ1) is 14.7. The van der Waals surface area contributed by atoms with Gasteiger partial charge >= 0.3 is 0 Å². The Morgan fingerprint density at radius 1 is 1.11 bits per heavy atom. The molecule has 0 bridgehead atoms. The van der Waals surface area contributed by atoms with Crippen LogP contribution in [0.1, 0.15) is 56.6 Å². The van der Waals surface area contributed by atoms with Gasteiger partial charge < -0.3 is 5.11 Å². The van der Waals surface area contributed by atoms with Crippen molar-refractivity contribution in [1.82, 2.24) is 0 Å². The van der Waals surface area contributed by atoms with E-state index in [-0.39, 0.29) is 12.3 Å². The first-order valence-electron chi connectivity index (χ1n) is 6.87. The summed E-state index contributed by atoms with van der Waals surface area (Å²) >= 11 is 0. The van der Waals surface area contributed by atoms with Gasteiger partial charge in [-0.25, -0.2) is 0 Å². The van der Waals surface area contributed by atoms with Crippen LogP contribution < -0.4 is 0 Å². The minimum absolute atomic E-state index is 0.0518. The molecule has 0 aliphatic heterocycles. The second-order valence-corrected chi connectivity index (χ2v) is 4.77. The Kier molecular flexibility index (Phi) is 7.07. The molecule has 0 radical (unpaired) electrons. The number of hydrogen-bond acceptors (Lipinski definition) is 3. The topological polar surface area (TPSA) is 49.7 Å². The van der Waals surface area contributed by atoms with Crippen LogP contribution in [0.25, 0.3) is 0 Å². The Bertz CT molecular complexity index is 364. The quantitative estimate of drug-likeness (QED) is 0.515. The zero-order valence-corrected chi connectivity index (χ0v) is 11.2. The molecular weight excluding hydrogens is 226 g/mol. The Morgan fingerprint density at radius 2 is 1.83 bits per heavy atom. The van der Waals surface area contributed by atoms with Crippen LogP contribution >= 0.6 is 0 Å². The lowest BCUT2D eigenvalue weighted by Crippen LogP contribution is -1.90. The van der Waals surface area contributed by atoms with Crippen molar-refractivity contribution in [1.29, 1.82) is 0 Å². The molecule has 100 valence electrons. The van der Waals surface area contributed by atoms with Crippen molar-refractivity contribution in [3.63, 3.8) is 0 Å². The molecule has 0 atom stereocenters. The van der Waals surface area contributed by atoms with Gasteiger partial charge in [-0.1, -0.05) is 56.3 Å². The molecule has 18 heavy (non-hydrogen) atoms.